The van der Waals surface area contributed by atoms with Crippen molar-refractivity contribution in [2.45, 2.75) is 46.3 Å². The van der Waals surface area contributed by atoms with Crippen molar-refractivity contribution in [1.82, 2.24) is 9.78 Å². The molecule has 0 fully saturated rings. The fourth-order valence-corrected chi connectivity index (χ4v) is 1.46. The smallest absolute Gasteiger partial charge is 0.0646 e. The molecule has 0 amide bonds. The molecule has 0 spiro atoms. The fraction of sp³-hybridized carbons (Fsp3) is 0.700. The highest BCUT2D eigenvalue weighted by atomic mass is 16.3. The van der Waals surface area contributed by atoms with Gasteiger partial charge in [0.1, 0.15) is 0 Å². The van der Waals surface area contributed by atoms with Crippen LogP contribution in [-0.2, 0) is 13.0 Å². The van der Waals surface area contributed by atoms with Gasteiger partial charge >= 0.3 is 0 Å². The van der Waals surface area contributed by atoms with Gasteiger partial charge in [0, 0.05) is 18.7 Å². The Morgan fingerprint density at radius 3 is 2.62 bits per heavy atom. The zero-order valence-electron chi connectivity index (χ0n) is 8.83. The summed E-state index contributed by atoms with van der Waals surface area (Å²) >= 11 is 0. The molecule has 1 aromatic rings. The Bertz CT molecular complexity index is 284. The minimum Gasteiger partial charge on any atom is -0.390 e. The molecule has 1 N–H and O–H groups in total. The van der Waals surface area contributed by atoms with Gasteiger partial charge in [0.2, 0.25) is 0 Å². The standard InChI is InChI=1S/C10H18N2O/c1-5-12-9(6-8(2)11-12)7-10(3,4)13/h6,13H,5,7H2,1-4H3. The van der Waals surface area contributed by atoms with Crippen LogP contribution in [0, 0.1) is 6.92 Å². The van der Waals surface area contributed by atoms with Crippen LogP contribution >= 0.6 is 0 Å². The summed E-state index contributed by atoms with van der Waals surface area (Å²) in [6.45, 7) is 8.52. The van der Waals surface area contributed by atoms with Crippen molar-refractivity contribution < 1.29 is 5.11 Å². The van der Waals surface area contributed by atoms with E-state index in [4.69, 9.17) is 0 Å². The van der Waals surface area contributed by atoms with E-state index in [-0.39, 0.29) is 0 Å². The van der Waals surface area contributed by atoms with E-state index in [1.54, 1.807) is 0 Å². The first-order valence-corrected chi connectivity index (χ1v) is 4.68. The number of nitrogens with zero attached hydrogens (tertiary/aromatic N) is 2. The van der Waals surface area contributed by atoms with Crippen molar-refractivity contribution in [3.8, 4) is 0 Å². The van der Waals surface area contributed by atoms with Crippen LogP contribution in [0.25, 0.3) is 0 Å². The molecule has 13 heavy (non-hydrogen) atoms. The lowest BCUT2D eigenvalue weighted by atomic mass is 10.0. The maximum atomic E-state index is 9.66. The minimum atomic E-state index is -0.653. The van der Waals surface area contributed by atoms with Gasteiger partial charge in [-0.05, 0) is 33.8 Å². The summed E-state index contributed by atoms with van der Waals surface area (Å²) in [5.41, 5.74) is 1.47. The number of hydrogen-bond acceptors (Lipinski definition) is 2. The molecular formula is C10H18N2O. The van der Waals surface area contributed by atoms with E-state index in [0.717, 1.165) is 17.9 Å². The monoisotopic (exact) mass is 182 g/mol. The molecule has 1 aromatic heterocycles. The molecule has 0 aliphatic rings. The molecular weight excluding hydrogens is 164 g/mol. The van der Waals surface area contributed by atoms with E-state index in [9.17, 15) is 5.11 Å². The minimum absolute atomic E-state index is 0.653. The normalized spacial score (nSPS) is 12.1. The van der Waals surface area contributed by atoms with Crippen LogP contribution < -0.4 is 0 Å². The molecule has 74 valence electrons. The zero-order valence-corrected chi connectivity index (χ0v) is 8.83. The summed E-state index contributed by atoms with van der Waals surface area (Å²) in [6.07, 6.45) is 0.654. The topological polar surface area (TPSA) is 38.0 Å². The number of aryl methyl sites for hydroxylation is 2. The third kappa shape index (κ3) is 2.84. The van der Waals surface area contributed by atoms with Crippen molar-refractivity contribution >= 4 is 0 Å². The van der Waals surface area contributed by atoms with Crippen molar-refractivity contribution in [3.05, 3.63) is 17.5 Å². The molecule has 0 saturated heterocycles. The van der Waals surface area contributed by atoms with Gasteiger partial charge in [-0.25, -0.2) is 0 Å². The van der Waals surface area contributed by atoms with Crippen LogP contribution in [0.15, 0.2) is 6.07 Å². The first-order chi connectivity index (χ1) is 5.92. The zero-order chi connectivity index (χ0) is 10.1. The van der Waals surface area contributed by atoms with Gasteiger partial charge in [-0.15, -0.1) is 0 Å². The highest BCUT2D eigenvalue weighted by molar-refractivity contribution is 5.10. The first kappa shape index (κ1) is 10.3. The van der Waals surface area contributed by atoms with Gasteiger partial charge in [0.05, 0.1) is 11.3 Å². The van der Waals surface area contributed by atoms with E-state index in [1.165, 1.54) is 0 Å². The van der Waals surface area contributed by atoms with Crippen molar-refractivity contribution in [3.63, 3.8) is 0 Å². The predicted octanol–water partition coefficient (Wildman–Crippen LogP) is 1.52. The molecule has 0 atom stereocenters. The third-order valence-corrected chi connectivity index (χ3v) is 1.90. The Kier molecular flexibility index (Phi) is 2.76. The van der Waals surface area contributed by atoms with Gasteiger partial charge in [-0.3, -0.25) is 4.68 Å². The molecule has 0 aliphatic heterocycles. The first-order valence-electron chi connectivity index (χ1n) is 4.68. The van der Waals surface area contributed by atoms with Gasteiger partial charge in [0.25, 0.3) is 0 Å². The summed E-state index contributed by atoms with van der Waals surface area (Å²) in [4.78, 5) is 0. The van der Waals surface area contributed by atoms with E-state index in [2.05, 4.69) is 12.0 Å². The molecule has 3 nitrogen and oxygen atoms in total. The van der Waals surface area contributed by atoms with Gasteiger partial charge in [-0.2, -0.15) is 5.10 Å². The van der Waals surface area contributed by atoms with Crippen LogP contribution in [0.2, 0.25) is 0 Å². The Labute approximate surface area is 79.4 Å². The molecule has 1 rings (SSSR count). The lowest BCUT2D eigenvalue weighted by molar-refractivity contribution is 0.0787. The number of rotatable bonds is 3. The maximum Gasteiger partial charge on any atom is 0.0646 e. The van der Waals surface area contributed by atoms with Gasteiger partial charge in [-0.1, -0.05) is 0 Å². The summed E-state index contributed by atoms with van der Waals surface area (Å²) in [5.74, 6) is 0. The molecule has 0 unspecified atom stereocenters. The van der Waals surface area contributed by atoms with Crippen LogP contribution in [0.3, 0.4) is 0 Å². The molecule has 0 aliphatic carbocycles. The van der Waals surface area contributed by atoms with E-state index in [1.807, 2.05) is 31.5 Å². The van der Waals surface area contributed by atoms with Gasteiger partial charge in [0.15, 0.2) is 0 Å². The summed E-state index contributed by atoms with van der Waals surface area (Å²) < 4.78 is 1.94. The average Bonchev–Trinajstić information content (AvgIpc) is 2.27. The average molecular weight is 182 g/mol. The Morgan fingerprint density at radius 1 is 1.54 bits per heavy atom. The number of aromatic nitrogens is 2. The lowest BCUT2D eigenvalue weighted by Crippen LogP contribution is -2.23. The van der Waals surface area contributed by atoms with Crippen LogP contribution in [-0.4, -0.2) is 20.5 Å². The lowest BCUT2D eigenvalue weighted by Gasteiger charge is -2.17. The quantitative estimate of drug-likeness (QED) is 0.769. The second kappa shape index (κ2) is 3.50. The molecule has 0 radical (unpaired) electrons. The van der Waals surface area contributed by atoms with Crippen LogP contribution in [0.5, 0.6) is 0 Å². The maximum absolute atomic E-state index is 9.66. The highest BCUT2D eigenvalue weighted by Crippen LogP contribution is 2.13. The fourth-order valence-electron chi connectivity index (χ4n) is 1.46. The molecule has 0 aromatic carbocycles. The van der Waals surface area contributed by atoms with Crippen molar-refractivity contribution in [1.29, 1.82) is 0 Å². The van der Waals surface area contributed by atoms with Crippen molar-refractivity contribution in [2.24, 2.45) is 0 Å². The van der Waals surface area contributed by atoms with Gasteiger partial charge < -0.3 is 5.11 Å². The Balaban J connectivity index is 2.87. The summed E-state index contributed by atoms with van der Waals surface area (Å²) in [6, 6.07) is 2.03. The second-order valence-corrected chi connectivity index (χ2v) is 4.08. The summed E-state index contributed by atoms with van der Waals surface area (Å²) in [5, 5.41) is 14.0. The van der Waals surface area contributed by atoms with E-state index >= 15 is 0 Å². The SMILES string of the molecule is CCn1nc(C)cc1CC(C)(C)O. The Hall–Kier alpha value is -0.830. The molecule has 0 bridgehead atoms. The number of aliphatic hydroxyl groups is 1. The summed E-state index contributed by atoms with van der Waals surface area (Å²) in [7, 11) is 0. The van der Waals surface area contributed by atoms with E-state index < -0.39 is 5.60 Å². The van der Waals surface area contributed by atoms with Crippen LogP contribution in [0.4, 0.5) is 0 Å². The Morgan fingerprint density at radius 2 is 2.15 bits per heavy atom. The molecule has 0 saturated carbocycles. The van der Waals surface area contributed by atoms with Crippen LogP contribution in [0.1, 0.15) is 32.2 Å². The van der Waals surface area contributed by atoms with E-state index in [0.29, 0.717) is 6.42 Å². The highest BCUT2D eigenvalue weighted by Gasteiger charge is 2.16. The molecule has 1 heterocycles. The second-order valence-electron chi connectivity index (χ2n) is 4.08. The number of hydrogen-bond donors (Lipinski definition) is 1. The molecule has 3 heteroatoms. The third-order valence-electron chi connectivity index (χ3n) is 1.90. The van der Waals surface area contributed by atoms with Crippen molar-refractivity contribution in [2.75, 3.05) is 0 Å². The largest absolute Gasteiger partial charge is 0.390 e. The predicted molar refractivity (Wildman–Crippen MR) is 52.6 cm³/mol.